The molecular formula is C19H33IO3Si. The summed E-state index contributed by atoms with van der Waals surface area (Å²) in [6.45, 7) is 10.8. The maximum Gasteiger partial charge on any atom is 0.537 e. The van der Waals surface area contributed by atoms with Crippen LogP contribution in [-0.2, 0) is 13.3 Å². The topological polar surface area (TPSA) is 27.7 Å². The molecule has 0 aliphatic rings. The van der Waals surface area contributed by atoms with E-state index in [1.807, 2.05) is 0 Å². The highest BCUT2D eigenvalue weighted by Crippen LogP contribution is 2.19. The fourth-order valence-corrected chi connectivity index (χ4v) is 5.95. The highest BCUT2D eigenvalue weighted by molar-refractivity contribution is 14.1. The molecule has 1 aromatic rings. The predicted octanol–water partition coefficient (Wildman–Crippen LogP) is 5.20. The lowest BCUT2D eigenvalue weighted by Crippen LogP contribution is -2.58. The van der Waals surface area contributed by atoms with Gasteiger partial charge in [-0.3, -0.25) is 0 Å². The lowest BCUT2D eigenvalue weighted by atomic mass is 10.2. The summed E-state index contributed by atoms with van der Waals surface area (Å²) in [7, 11) is -2.86. The van der Waals surface area contributed by atoms with Crippen LogP contribution < -0.4 is 5.19 Å². The summed E-state index contributed by atoms with van der Waals surface area (Å²) >= 11 is 2.38. The third kappa shape index (κ3) is 6.75. The molecule has 1 aromatic carbocycles. The van der Waals surface area contributed by atoms with Crippen LogP contribution in [-0.4, -0.2) is 28.6 Å². The minimum Gasteiger partial charge on any atom is -0.370 e. The molecule has 5 heteroatoms. The van der Waals surface area contributed by atoms with Crippen molar-refractivity contribution >= 4 is 36.6 Å². The van der Waals surface area contributed by atoms with E-state index in [2.05, 4.69) is 68.5 Å². The zero-order chi connectivity index (χ0) is 17.8. The molecule has 0 unspecified atom stereocenters. The van der Waals surface area contributed by atoms with Crippen LogP contribution in [0, 0.1) is 10.5 Å². The fourth-order valence-electron chi connectivity index (χ4n) is 2.35. The zero-order valence-electron chi connectivity index (χ0n) is 15.7. The number of benzene rings is 1. The second-order valence-corrected chi connectivity index (χ2v) is 9.75. The van der Waals surface area contributed by atoms with Crippen LogP contribution in [0.2, 0.25) is 0 Å². The summed E-state index contributed by atoms with van der Waals surface area (Å²) < 4.78 is 20.4. The molecule has 0 amide bonds. The van der Waals surface area contributed by atoms with Crippen LogP contribution >= 0.6 is 22.6 Å². The Balaban J connectivity index is 3.12. The van der Waals surface area contributed by atoms with Gasteiger partial charge >= 0.3 is 8.80 Å². The monoisotopic (exact) mass is 464 g/mol. The smallest absolute Gasteiger partial charge is 0.370 e. The first-order valence-electron chi connectivity index (χ1n) is 9.28. The number of hydrogen-bond donors (Lipinski definition) is 0. The summed E-state index contributed by atoms with van der Waals surface area (Å²) in [5, 5.41) is 1.14. The summed E-state index contributed by atoms with van der Waals surface area (Å²) in [5.41, 5.74) is 1.23. The average molecular weight is 464 g/mol. The van der Waals surface area contributed by atoms with Crippen LogP contribution in [0.1, 0.15) is 64.9 Å². The fraction of sp³-hybridized carbons (Fsp3) is 0.684. The molecule has 0 aliphatic carbocycles. The highest BCUT2D eigenvalue weighted by atomic mass is 127. The van der Waals surface area contributed by atoms with Crippen molar-refractivity contribution in [2.24, 2.45) is 0 Å². The largest absolute Gasteiger partial charge is 0.537 e. The van der Waals surface area contributed by atoms with Gasteiger partial charge in [-0.25, -0.2) is 0 Å². The number of rotatable bonds is 13. The molecule has 0 N–H and O–H groups in total. The molecule has 0 heterocycles. The van der Waals surface area contributed by atoms with Crippen molar-refractivity contribution in [3.63, 3.8) is 0 Å². The minimum atomic E-state index is -2.86. The van der Waals surface area contributed by atoms with Gasteiger partial charge in [-0.15, -0.1) is 0 Å². The van der Waals surface area contributed by atoms with Gasteiger partial charge in [0, 0.05) is 28.6 Å². The third-order valence-electron chi connectivity index (χ3n) is 3.97. The molecule has 0 bridgehead atoms. The lowest BCUT2D eigenvalue weighted by molar-refractivity contribution is 0.0699. The van der Waals surface area contributed by atoms with Crippen molar-refractivity contribution in [3.05, 3.63) is 27.3 Å². The molecule has 1 rings (SSSR count). The van der Waals surface area contributed by atoms with Crippen molar-refractivity contribution in [2.45, 2.75) is 66.2 Å². The Kier molecular flexibility index (Phi) is 11.4. The van der Waals surface area contributed by atoms with Crippen molar-refractivity contribution in [2.75, 3.05) is 19.8 Å². The third-order valence-corrected chi connectivity index (χ3v) is 8.09. The average Bonchev–Trinajstić information content (AvgIpc) is 2.57. The maximum absolute atomic E-state index is 6.38. The Morgan fingerprint density at radius 2 is 1.29 bits per heavy atom. The Labute approximate surface area is 163 Å². The molecule has 3 nitrogen and oxygen atoms in total. The van der Waals surface area contributed by atoms with E-state index in [-0.39, 0.29) is 0 Å². The second-order valence-electron chi connectivity index (χ2n) is 6.07. The van der Waals surface area contributed by atoms with E-state index in [4.69, 9.17) is 13.3 Å². The van der Waals surface area contributed by atoms with Gasteiger partial charge in [0.1, 0.15) is 0 Å². The van der Waals surface area contributed by atoms with E-state index >= 15 is 0 Å². The van der Waals surface area contributed by atoms with E-state index in [1.165, 1.54) is 9.13 Å². The Morgan fingerprint density at radius 1 is 0.833 bits per heavy atom. The first-order valence-corrected chi connectivity index (χ1v) is 12.1. The number of unbranched alkanes of at least 4 members (excludes halogenated alkanes) is 3. The SMILES string of the molecule is CCCCO[Si](OCCCC)(OCCCC)c1cccc(I)c1C. The molecular weight excluding hydrogens is 431 g/mol. The second kappa shape index (κ2) is 12.4. The van der Waals surface area contributed by atoms with Gasteiger partial charge in [0.2, 0.25) is 0 Å². The Hall–Kier alpha value is 0.0469. The molecule has 0 aliphatic heterocycles. The minimum absolute atomic E-state index is 0.700. The van der Waals surface area contributed by atoms with Crippen molar-refractivity contribution in [1.82, 2.24) is 0 Å². The van der Waals surface area contributed by atoms with Crippen LogP contribution in [0.25, 0.3) is 0 Å². The molecule has 0 saturated heterocycles. The molecule has 0 fully saturated rings. The van der Waals surface area contributed by atoms with Gasteiger partial charge in [-0.05, 0) is 60.4 Å². The highest BCUT2D eigenvalue weighted by Gasteiger charge is 2.45. The number of halogens is 1. The Bertz CT molecular complexity index is 441. The van der Waals surface area contributed by atoms with E-state index in [9.17, 15) is 0 Å². The first-order chi connectivity index (χ1) is 11.6. The molecule has 0 atom stereocenters. The summed E-state index contributed by atoms with van der Waals surface area (Å²) in [5.74, 6) is 0. The normalized spacial score (nSPS) is 11.9. The van der Waals surface area contributed by atoms with E-state index in [0.717, 1.165) is 43.7 Å². The van der Waals surface area contributed by atoms with Crippen LogP contribution in [0.15, 0.2) is 18.2 Å². The van der Waals surface area contributed by atoms with E-state index in [0.29, 0.717) is 19.8 Å². The Morgan fingerprint density at radius 3 is 1.71 bits per heavy atom. The van der Waals surface area contributed by atoms with Gasteiger partial charge in [0.15, 0.2) is 0 Å². The van der Waals surface area contributed by atoms with Gasteiger partial charge in [0.05, 0.1) is 0 Å². The van der Waals surface area contributed by atoms with Crippen molar-refractivity contribution in [3.8, 4) is 0 Å². The predicted molar refractivity (Wildman–Crippen MR) is 112 cm³/mol. The van der Waals surface area contributed by atoms with Gasteiger partial charge in [0.25, 0.3) is 0 Å². The standard InChI is InChI=1S/C19H33IO3Si/c1-5-8-14-21-24(22-15-9-6-2,23-16-10-7-3)19-13-11-12-18(20)17(19)4/h11-13H,5-10,14-16H2,1-4H3. The van der Waals surface area contributed by atoms with Crippen LogP contribution in [0.4, 0.5) is 0 Å². The molecule has 0 aromatic heterocycles. The summed E-state index contributed by atoms with van der Waals surface area (Å²) in [6.07, 6.45) is 6.43. The van der Waals surface area contributed by atoms with E-state index < -0.39 is 8.80 Å². The first kappa shape index (κ1) is 22.1. The molecule has 0 saturated carbocycles. The van der Waals surface area contributed by atoms with Crippen molar-refractivity contribution < 1.29 is 13.3 Å². The van der Waals surface area contributed by atoms with Gasteiger partial charge < -0.3 is 13.3 Å². The molecule has 0 spiro atoms. The number of hydrogen-bond acceptors (Lipinski definition) is 3. The van der Waals surface area contributed by atoms with Gasteiger partial charge in [-0.1, -0.05) is 52.2 Å². The van der Waals surface area contributed by atoms with Crippen molar-refractivity contribution in [1.29, 1.82) is 0 Å². The maximum atomic E-state index is 6.38. The van der Waals surface area contributed by atoms with Crippen LogP contribution in [0.5, 0.6) is 0 Å². The quantitative estimate of drug-likeness (QED) is 0.228. The molecule has 138 valence electrons. The van der Waals surface area contributed by atoms with E-state index in [1.54, 1.807) is 0 Å². The van der Waals surface area contributed by atoms with Crippen LogP contribution in [0.3, 0.4) is 0 Å². The molecule has 0 radical (unpaired) electrons. The summed E-state index contributed by atoms with van der Waals surface area (Å²) in [4.78, 5) is 0. The lowest BCUT2D eigenvalue weighted by Gasteiger charge is -2.31. The van der Waals surface area contributed by atoms with Gasteiger partial charge in [-0.2, -0.15) is 0 Å². The molecule has 24 heavy (non-hydrogen) atoms. The zero-order valence-corrected chi connectivity index (χ0v) is 18.9. The summed E-state index contributed by atoms with van der Waals surface area (Å²) in [6, 6.07) is 6.34.